The lowest BCUT2D eigenvalue weighted by Crippen LogP contribution is -2.41. The van der Waals surface area contributed by atoms with Crippen LogP contribution in [-0.2, 0) is 21.5 Å². The smallest absolute Gasteiger partial charge is 0.406 e. The van der Waals surface area contributed by atoms with Crippen LogP contribution in [0.3, 0.4) is 0 Å². The van der Waals surface area contributed by atoms with E-state index in [1.807, 2.05) is 58.9 Å². The number of rotatable bonds is 8. The van der Waals surface area contributed by atoms with Gasteiger partial charge in [-0.1, -0.05) is 47.7 Å². The molecular formula is C27H28BF3N2O4S. The Bertz CT molecular complexity index is 1280. The van der Waals surface area contributed by atoms with E-state index < -0.39 is 24.7 Å². The summed E-state index contributed by atoms with van der Waals surface area (Å²) in [5.74, 6) is -0.220. The van der Waals surface area contributed by atoms with E-state index >= 15 is 0 Å². The quantitative estimate of drug-likeness (QED) is 0.156. The van der Waals surface area contributed by atoms with Crippen LogP contribution >= 0.6 is 11.8 Å². The summed E-state index contributed by atoms with van der Waals surface area (Å²) >= 11 is 1.22. The van der Waals surface area contributed by atoms with Gasteiger partial charge in [0.2, 0.25) is 0 Å². The van der Waals surface area contributed by atoms with E-state index in [2.05, 4.69) is 14.7 Å². The Morgan fingerprint density at radius 1 is 1.00 bits per heavy atom. The highest BCUT2D eigenvalue weighted by Gasteiger charge is 2.52. The van der Waals surface area contributed by atoms with E-state index in [0.717, 1.165) is 11.1 Å². The molecule has 3 aromatic rings. The maximum Gasteiger partial charge on any atom is 0.573 e. The predicted molar refractivity (Wildman–Crippen MR) is 140 cm³/mol. The lowest BCUT2D eigenvalue weighted by Gasteiger charge is -2.32. The highest BCUT2D eigenvalue weighted by atomic mass is 32.2. The van der Waals surface area contributed by atoms with Gasteiger partial charge in [0.1, 0.15) is 5.75 Å². The number of aromatic nitrogens is 2. The van der Waals surface area contributed by atoms with E-state index in [1.165, 1.54) is 42.4 Å². The molecule has 1 saturated heterocycles. The third-order valence-electron chi connectivity index (χ3n) is 6.65. The van der Waals surface area contributed by atoms with Gasteiger partial charge >= 0.3 is 13.5 Å². The molecule has 0 N–H and O–H groups in total. The summed E-state index contributed by atoms with van der Waals surface area (Å²) in [4.78, 5) is 21.2. The van der Waals surface area contributed by atoms with Crippen LogP contribution in [-0.4, -0.2) is 40.4 Å². The van der Waals surface area contributed by atoms with E-state index in [1.54, 1.807) is 0 Å². The van der Waals surface area contributed by atoms with Crippen LogP contribution in [0, 0.1) is 6.92 Å². The zero-order chi connectivity index (χ0) is 27.7. The molecule has 0 spiro atoms. The maximum absolute atomic E-state index is 12.9. The summed E-state index contributed by atoms with van der Waals surface area (Å²) in [5, 5.41) is 0.374. The van der Waals surface area contributed by atoms with E-state index in [4.69, 9.17) is 9.31 Å². The molecule has 1 aliphatic heterocycles. The molecule has 1 aromatic heterocycles. The van der Waals surface area contributed by atoms with Crippen molar-refractivity contribution < 1.29 is 32.0 Å². The van der Waals surface area contributed by atoms with Crippen molar-refractivity contribution >= 4 is 30.1 Å². The Labute approximate surface area is 224 Å². The van der Waals surface area contributed by atoms with E-state index in [9.17, 15) is 18.0 Å². The molecule has 38 heavy (non-hydrogen) atoms. The van der Waals surface area contributed by atoms with Crippen LogP contribution in [0.25, 0.3) is 0 Å². The summed E-state index contributed by atoms with van der Waals surface area (Å²) in [6.07, 6.45) is -1.66. The van der Waals surface area contributed by atoms with Crippen LogP contribution in [0.2, 0.25) is 0 Å². The van der Waals surface area contributed by atoms with Crippen LogP contribution in [0.5, 0.6) is 5.75 Å². The number of carbonyl (C=O) groups excluding carboxylic acids is 1. The van der Waals surface area contributed by atoms with Gasteiger partial charge in [0, 0.05) is 24.6 Å². The standard InChI is InChI=1S/C27H28BF3N2O4S/c1-17-6-8-18(9-7-17)12-23(34)20-14-32-24(33-15-20)38-16-19-13-21(35-27(29,30)31)10-11-22(19)28-36-25(2,3)26(4,5)37-28/h6-11,13-15H,12,16H2,1-5H3. The first-order chi connectivity index (χ1) is 17.7. The molecule has 4 rings (SSSR count). The number of ether oxygens (including phenoxy) is 1. The first kappa shape index (κ1) is 28.1. The minimum Gasteiger partial charge on any atom is -0.406 e. The summed E-state index contributed by atoms with van der Waals surface area (Å²) in [7, 11) is -0.766. The molecule has 0 atom stereocenters. The Morgan fingerprint density at radius 2 is 1.61 bits per heavy atom. The molecule has 11 heteroatoms. The largest absolute Gasteiger partial charge is 0.573 e. The van der Waals surface area contributed by atoms with Gasteiger partial charge in [-0.05, 0) is 63.3 Å². The number of hydrogen-bond donors (Lipinski definition) is 0. The Kier molecular flexibility index (Phi) is 7.93. The van der Waals surface area contributed by atoms with Crippen LogP contribution in [0.4, 0.5) is 13.2 Å². The fourth-order valence-electron chi connectivity index (χ4n) is 3.77. The molecule has 0 radical (unpaired) electrons. The summed E-state index contributed by atoms with van der Waals surface area (Å²) in [6.45, 7) is 9.58. The molecule has 0 unspecified atom stereocenters. The number of halogens is 3. The lowest BCUT2D eigenvalue weighted by atomic mass is 9.76. The summed E-state index contributed by atoms with van der Waals surface area (Å²) < 4.78 is 55.0. The van der Waals surface area contributed by atoms with Gasteiger partial charge in [-0.2, -0.15) is 0 Å². The molecule has 2 heterocycles. The topological polar surface area (TPSA) is 70.5 Å². The van der Waals surface area contributed by atoms with E-state index in [-0.39, 0.29) is 23.7 Å². The third-order valence-corrected chi connectivity index (χ3v) is 7.57. The van der Waals surface area contributed by atoms with Gasteiger partial charge < -0.3 is 14.0 Å². The second-order valence-corrected chi connectivity index (χ2v) is 11.1. The number of benzene rings is 2. The minimum absolute atomic E-state index is 0.106. The van der Waals surface area contributed by atoms with Crippen molar-refractivity contribution in [2.75, 3.05) is 0 Å². The van der Waals surface area contributed by atoms with Gasteiger partial charge in [0.15, 0.2) is 10.9 Å². The highest BCUT2D eigenvalue weighted by Crippen LogP contribution is 2.37. The number of nitrogens with zero attached hydrogens (tertiary/aromatic N) is 2. The Morgan fingerprint density at radius 3 is 2.18 bits per heavy atom. The monoisotopic (exact) mass is 544 g/mol. The molecule has 0 bridgehead atoms. The maximum atomic E-state index is 12.9. The molecule has 2 aromatic carbocycles. The second-order valence-electron chi connectivity index (χ2n) is 10.1. The SMILES string of the molecule is Cc1ccc(CC(=O)c2cnc(SCc3cc(OC(F)(F)F)ccc3B3OC(C)(C)C(C)(C)O3)nc2)cc1. The van der Waals surface area contributed by atoms with Gasteiger partial charge in [0.05, 0.1) is 16.8 Å². The minimum atomic E-state index is -4.82. The van der Waals surface area contributed by atoms with Crippen molar-refractivity contribution in [2.45, 2.75) is 69.5 Å². The molecular weight excluding hydrogens is 516 g/mol. The molecule has 0 aliphatic carbocycles. The number of Topliss-reactive ketones (excluding diaryl/α,β-unsaturated/α-hetero) is 1. The number of alkyl halides is 3. The molecule has 200 valence electrons. The molecule has 0 saturated carbocycles. The second kappa shape index (κ2) is 10.7. The number of carbonyl (C=O) groups is 1. The highest BCUT2D eigenvalue weighted by molar-refractivity contribution is 7.98. The first-order valence-corrected chi connectivity index (χ1v) is 13.0. The van der Waals surface area contributed by atoms with Crippen LogP contribution < -0.4 is 10.2 Å². The molecule has 6 nitrogen and oxygen atoms in total. The zero-order valence-corrected chi connectivity index (χ0v) is 22.6. The van der Waals surface area contributed by atoms with Crippen molar-refractivity contribution in [1.29, 1.82) is 0 Å². The number of thioether (sulfide) groups is 1. The average Bonchev–Trinajstić information content (AvgIpc) is 3.05. The normalized spacial score (nSPS) is 16.5. The lowest BCUT2D eigenvalue weighted by molar-refractivity contribution is -0.274. The van der Waals surface area contributed by atoms with E-state index in [0.29, 0.717) is 21.7 Å². The van der Waals surface area contributed by atoms with Crippen molar-refractivity contribution in [3.05, 3.63) is 77.1 Å². The number of ketones is 1. The average molecular weight is 544 g/mol. The molecule has 1 aliphatic rings. The predicted octanol–water partition coefficient (Wildman–Crippen LogP) is 5.70. The summed E-state index contributed by atoms with van der Waals surface area (Å²) in [5.41, 5.74) is 2.28. The number of hydrogen-bond acceptors (Lipinski definition) is 7. The zero-order valence-electron chi connectivity index (χ0n) is 21.8. The Balaban J connectivity index is 1.50. The Hall–Kier alpha value is -2.89. The number of aryl methyl sites for hydroxylation is 1. The molecule has 0 amide bonds. The van der Waals surface area contributed by atoms with Gasteiger partial charge in [-0.25, -0.2) is 9.97 Å². The summed E-state index contributed by atoms with van der Waals surface area (Å²) in [6, 6.07) is 11.8. The van der Waals surface area contributed by atoms with Crippen molar-refractivity contribution in [3.8, 4) is 5.75 Å². The fraction of sp³-hybridized carbons (Fsp3) is 0.370. The fourth-order valence-corrected chi connectivity index (χ4v) is 4.56. The first-order valence-electron chi connectivity index (χ1n) is 12.0. The third kappa shape index (κ3) is 6.75. The van der Waals surface area contributed by atoms with Gasteiger partial charge in [0.25, 0.3) is 0 Å². The van der Waals surface area contributed by atoms with Crippen molar-refractivity contribution in [2.24, 2.45) is 0 Å². The van der Waals surface area contributed by atoms with Gasteiger partial charge in [-0.3, -0.25) is 4.79 Å². The van der Waals surface area contributed by atoms with Crippen molar-refractivity contribution in [3.63, 3.8) is 0 Å². The van der Waals surface area contributed by atoms with Gasteiger partial charge in [-0.15, -0.1) is 13.2 Å². The van der Waals surface area contributed by atoms with Crippen LogP contribution in [0.1, 0.15) is 54.7 Å². The van der Waals surface area contributed by atoms with Crippen molar-refractivity contribution in [1.82, 2.24) is 9.97 Å². The van der Waals surface area contributed by atoms with Crippen LogP contribution in [0.15, 0.2) is 60.0 Å². The molecule has 1 fully saturated rings.